The summed E-state index contributed by atoms with van der Waals surface area (Å²) in [4.78, 5) is 24.1. The number of benzene rings is 1. The highest BCUT2D eigenvalue weighted by Gasteiger charge is 2.22. The third-order valence-corrected chi connectivity index (χ3v) is 3.58. The van der Waals surface area contributed by atoms with E-state index in [0.29, 0.717) is 6.42 Å². The molecule has 0 radical (unpaired) electrons. The normalized spacial score (nSPS) is 13.2. The van der Waals surface area contributed by atoms with Crippen molar-refractivity contribution < 1.29 is 22.8 Å². The molecular weight excluding hydrogens is 318 g/mol. The van der Waals surface area contributed by atoms with Crippen molar-refractivity contribution in [3.63, 3.8) is 0 Å². The average molecular weight is 336 g/mol. The number of amides is 2. The van der Waals surface area contributed by atoms with Crippen LogP contribution >= 0.6 is 0 Å². The van der Waals surface area contributed by atoms with Gasteiger partial charge in [0, 0.05) is 5.56 Å². The Hall–Kier alpha value is -2.70. The van der Waals surface area contributed by atoms with Gasteiger partial charge in [0.2, 0.25) is 5.91 Å². The number of rotatable bonds is 6. The van der Waals surface area contributed by atoms with Gasteiger partial charge in [-0.1, -0.05) is 6.92 Å². The zero-order valence-corrected chi connectivity index (χ0v) is 13.3. The van der Waals surface area contributed by atoms with Gasteiger partial charge < -0.3 is 15.1 Å². The van der Waals surface area contributed by atoms with Crippen molar-refractivity contribution in [1.82, 2.24) is 10.6 Å². The molecule has 2 rings (SSSR count). The smallest absolute Gasteiger partial charge is 0.255 e. The third-order valence-electron chi connectivity index (χ3n) is 3.58. The zero-order chi connectivity index (χ0) is 17.7. The summed E-state index contributed by atoms with van der Waals surface area (Å²) in [7, 11) is 0. The van der Waals surface area contributed by atoms with Crippen LogP contribution in [0.5, 0.6) is 0 Å². The molecule has 0 saturated heterocycles. The van der Waals surface area contributed by atoms with Crippen LogP contribution in [0.2, 0.25) is 0 Å². The van der Waals surface area contributed by atoms with Crippen molar-refractivity contribution in [2.45, 2.75) is 32.4 Å². The minimum atomic E-state index is -0.849. The topological polar surface area (TPSA) is 71.3 Å². The molecule has 0 unspecified atom stereocenters. The standard InChI is InChI=1S/C17H18F2N2O3/c1-3-15(13-8-12(18)4-5-14(13)19)21-16(22)10(2)20-17(23)11-6-7-24-9-11/h4-10,15H,3H2,1-2H3,(H,20,23)(H,21,22)/t10-,15+/m1/s1. The second-order valence-corrected chi connectivity index (χ2v) is 5.34. The molecule has 5 nitrogen and oxygen atoms in total. The first-order chi connectivity index (χ1) is 11.4. The predicted octanol–water partition coefficient (Wildman–Crippen LogP) is 2.94. The van der Waals surface area contributed by atoms with Gasteiger partial charge >= 0.3 is 0 Å². The van der Waals surface area contributed by atoms with Crippen LogP contribution in [-0.4, -0.2) is 17.9 Å². The van der Waals surface area contributed by atoms with Gasteiger partial charge in [0.25, 0.3) is 5.91 Å². The average Bonchev–Trinajstić information content (AvgIpc) is 3.09. The largest absolute Gasteiger partial charge is 0.472 e. The van der Waals surface area contributed by atoms with Crippen LogP contribution in [0.3, 0.4) is 0 Å². The van der Waals surface area contributed by atoms with Crippen LogP contribution in [0.4, 0.5) is 8.78 Å². The van der Waals surface area contributed by atoms with Crippen molar-refractivity contribution in [2.24, 2.45) is 0 Å². The Morgan fingerprint density at radius 1 is 1.21 bits per heavy atom. The molecule has 2 N–H and O–H groups in total. The van der Waals surface area contributed by atoms with Gasteiger partial charge in [-0.2, -0.15) is 0 Å². The first kappa shape index (κ1) is 17.7. The summed E-state index contributed by atoms with van der Waals surface area (Å²) in [6.07, 6.45) is 2.98. The molecule has 2 atom stereocenters. The van der Waals surface area contributed by atoms with Crippen molar-refractivity contribution in [1.29, 1.82) is 0 Å². The Balaban J connectivity index is 2.03. The number of carbonyl (C=O) groups excluding carboxylic acids is 2. The molecule has 1 heterocycles. The molecule has 0 aliphatic heterocycles. The lowest BCUT2D eigenvalue weighted by Gasteiger charge is -2.21. The Bertz CT molecular complexity index is 717. The lowest BCUT2D eigenvalue weighted by Crippen LogP contribution is -2.45. The molecular formula is C17H18F2N2O3. The van der Waals surface area contributed by atoms with Crippen LogP contribution in [-0.2, 0) is 4.79 Å². The van der Waals surface area contributed by atoms with Gasteiger partial charge in [0.1, 0.15) is 23.9 Å². The monoisotopic (exact) mass is 336 g/mol. The van der Waals surface area contributed by atoms with Crippen LogP contribution in [0, 0.1) is 11.6 Å². The molecule has 1 aromatic heterocycles. The number of hydrogen-bond acceptors (Lipinski definition) is 3. The van der Waals surface area contributed by atoms with E-state index >= 15 is 0 Å². The van der Waals surface area contributed by atoms with E-state index in [9.17, 15) is 18.4 Å². The number of carbonyl (C=O) groups is 2. The van der Waals surface area contributed by atoms with Gasteiger partial charge in [-0.15, -0.1) is 0 Å². The zero-order valence-electron chi connectivity index (χ0n) is 13.3. The maximum Gasteiger partial charge on any atom is 0.255 e. The molecule has 2 amide bonds. The van der Waals surface area contributed by atoms with Gasteiger partial charge in [0.15, 0.2) is 0 Å². The Labute approximate surface area is 138 Å². The van der Waals surface area contributed by atoms with E-state index in [1.54, 1.807) is 6.92 Å². The van der Waals surface area contributed by atoms with Crippen LogP contribution in [0.15, 0.2) is 41.2 Å². The quantitative estimate of drug-likeness (QED) is 0.852. The highest BCUT2D eigenvalue weighted by molar-refractivity contribution is 5.97. The molecule has 0 spiro atoms. The molecule has 0 fully saturated rings. The summed E-state index contributed by atoms with van der Waals surface area (Å²) in [5.74, 6) is -2.14. The fourth-order valence-electron chi connectivity index (χ4n) is 2.22. The summed E-state index contributed by atoms with van der Waals surface area (Å²) in [5.41, 5.74) is 0.358. The van der Waals surface area contributed by atoms with E-state index in [2.05, 4.69) is 10.6 Å². The maximum absolute atomic E-state index is 13.9. The van der Waals surface area contributed by atoms with Crippen molar-refractivity contribution in [3.8, 4) is 0 Å². The van der Waals surface area contributed by atoms with E-state index in [1.807, 2.05) is 0 Å². The Kier molecular flexibility index (Phi) is 5.68. The maximum atomic E-state index is 13.9. The number of nitrogens with one attached hydrogen (secondary N) is 2. The molecule has 24 heavy (non-hydrogen) atoms. The first-order valence-corrected chi connectivity index (χ1v) is 7.50. The molecule has 2 aromatic rings. The van der Waals surface area contributed by atoms with Crippen molar-refractivity contribution >= 4 is 11.8 Å². The Morgan fingerprint density at radius 2 is 1.96 bits per heavy atom. The molecule has 0 bridgehead atoms. The van der Waals surface area contributed by atoms with E-state index in [0.717, 1.165) is 18.2 Å². The van der Waals surface area contributed by atoms with E-state index in [1.165, 1.54) is 25.5 Å². The van der Waals surface area contributed by atoms with Gasteiger partial charge in [-0.05, 0) is 37.6 Å². The number of halogens is 2. The number of hydrogen-bond donors (Lipinski definition) is 2. The summed E-state index contributed by atoms with van der Waals surface area (Å²) < 4.78 is 32.0. The molecule has 0 saturated carbocycles. The van der Waals surface area contributed by atoms with E-state index in [-0.39, 0.29) is 11.1 Å². The molecule has 0 aliphatic rings. The van der Waals surface area contributed by atoms with E-state index in [4.69, 9.17) is 4.42 Å². The summed E-state index contributed by atoms with van der Waals surface area (Å²) in [6.45, 7) is 3.24. The lowest BCUT2D eigenvalue weighted by atomic mass is 10.0. The molecule has 0 aliphatic carbocycles. The lowest BCUT2D eigenvalue weighted by molar-refractivity contribution is -0.123. The first-order valence-electron chi connectivity index (χ1n) is 7.50. The molecule has 7 heteroatoms. The van der Waals surface area contributed by atoms with Crippen LogP contribution in [0.25, 0.3) is 0 Å². The summed E-state index contributed by atoms with van der Waals surface area (Å²) in [6, 6.07) is 3.01. The molecule has 1 aromatic carbocycles. The van der Waals surface area contributed by atoms with Crippen LogP contribution < -0.4 is 10.6 Å². The SMILES string of the molecule is CC[C@H](NC(=O)[C@@H](C)NC(=O)c1ccoc1)c1cc(F)ccc1F. The van der Waals surface area contributed by atoms with Crippen LogP contribution in [0.1, 0.15) is 42.2 Å². The fourth-order valence-corrected chi connectivity index (χ4v) is 2.22. The van der Waals surface area contributed by atoms with Crippen molar-refractivity contribution in [2.75, 3.05) is 0 Å². The Morgan fingerprint density at radius 3 is 2.58 bits per heavy atom. The van der Waals surface area contributed by atoms with Crippen molar-refractivity contribution in [3.05, 3.63) is 59.6 Å². The van der Waals surface area contributed by atoms with Gasteiger partial charge in [-0.25, -0.2) is 8.78 Å². The summed E-state index contributed by atoms with van der Waals surface area (Å²) in [5, 5.41) is 5.13. The second kappa shape index (κ2) is 7.72. The fraction of sp³-hybridized carbons (Fsp3) is 0.294. The second-order valence-electron chi connectivity index (χ2n) is 5.34. The van der Waals surface area contributed by atoms with E-state index < -0.39 is 35.5 Å². The molecule has 128 valence electrons. The van der Waals surface area contributed by atoms with Gasteiger partial charge in [0.05, 0.1) is 17.9 Å². The number of furan rings is 1. The minimum absolute atomic E-state index is 0.0687. The summed E-state index contributed by atoms with van der Waals surface area (Å²) >= 11 is 0. The van der Waals surface area contributed by atoms with Gasteiger partial charge in [-0.3, -0.25) is 9.59 Å². The predicted molar refractivity (Wildman–Crippen MR) is 83.2 cm³/mol. The highest BCUT2D eigenvalue weighted by atomic mass is 19.1. The third kappa shape index (κ3) is 4.18. The minimum Gasteiger partial charge on any atom is -0.472 e. The highest BCUT2D eigenvalue weighted by Crippen LogP contribution is 2.21.